The summed E-state index contributed by atoms with van der Waals surface area (Å²) in [6.07, 6.45) is 0.496. The standard InChI is InChI=1S/C17H26N2O2/c1-11-8-13-10-19(16(20)21-17(3,4)5)7-6-15(18)14(13)9-12(11)2/h8-9,15H,6-7,10,18H2,1-5H3/t15-/m1/s1. The monoisotopic (exact) mass is 290 g/mol. The summed E-state index contributed by atoms with van der Waals surface area (Å²) in [4.78, 5) is 14.1. The molecule has 0 aliphatic carbocycles. The summed E-state index contributed by atoms with van der Waals surface area (Å²) in [6, 6.07) is 4.29. The van der Waals surface area contributed by atoms with Crippen molar-refractivity contribution in [3.63, 3.8) is 0 Å². The van der Waals surface area contributed by atoms with Crippen LogP contribution in [0.2, 0.25) is 0 Å². The number of hydrogen-bond acceptors (Lipinski definition) is 3. The molecule has 0 spiro atoms. The van der Waals surface area contributed by atoms with E-state index in [0.29, 0.717) is 13.1 Å². The van der Waals surface area contributed by atoms with E-state index in [-0.39, 0.29) is 12.1 Å². The topological polar surface area (TPSA) is 55.6 Å². The summed E-state index contributed by atoms with van der Waals surface area (Å²) in [5.74, 6) is 0. The van der Waals surface area contributed by atoms with Crippen molar-refractivity contribution in [2.45, 2.75) is 59.2 Å². The Morgan fingerprint density at radius 2 is 1.90 bits per heavy atom. The van der Waals surface area contributed by atoms with Gasteiger partial charge in [-0.15, -0.1) is 0 Å². The SMILES string of the molecule is Cc1cc2c(cc1C)[C@H](N)CCN(C(=O)OC(C)(C)C)C2. The van der Waals surface area contributed by atoms with Crippen molar-refractivity contribution in [3.05, 3.63) is 34.4 Å². The average Bonchev–Trinajstić information content (AvgIpc) is 2.49. The van der Waals surface area contributed by atoms with Gasteiger partial charge in [0.1, 0.15) is 5.60 Å². The lowest BCUT2D eigenvalue weighted by molar-refractivity contribution is 0.0235. The minimum absolute atomic E-state index is 0.0215. The second kappa shape index (κ2) is 5.68. The summed E-state index contributed by atoms with van der Waals surface area (Å²) < 4.78 is 5.48. The zero-order valence-electron chi connectivity index (χ0n) is 13.7. The molecule has 0 saturated carbocycles. The molecule has 116 valence electrons. The summed E-state index contributed by atoms with van der Waals surface area (Å²) in [5.41, 5.74) is 10.6. The van der Waals surface area contributed by atoms with Gasteiger partial charge in [0.25, 0.3) is 0 Å². The molecule has 0 radical (unpaired) electrons. The Hall–Kier alpha value is -1.55. The molecule has 0 unspecified atom stereocenters. The van der Waals surface area contributed by atoms with Gasteiger partial charge in [-0.05, 0) is 63.3 Å². The molecule has 1 aromatic rings. The highest BCUT2D eigenvalue weighted by Gasteiger charge is 2.27. The Bertz CT molecular complexity index is 546. The second-order valence-corrected chi connectivity index (χ2v) is 6.93. The lowest BCUT2D eigenvalue weighted by Crippen LogP contribution is -2.36. The van der Waals surface area contributed by atoms with Crippen LogP contribution in [0.25, 0.3) is 0 Å². The average molecular weight is 290 g/mol. The van der Waals surface area contributed by atoms with Gasteiger partial charge in [0.15, 0.2) is 0 Å². The molecule has 0 aromatic heterocycles. The molecule has 2 rings (SSSR count). The molecule has 1 amide bonds. The van der Waals surface area contributed by atoms with E-state index >= 15 is 0 Å². The fraction of sp³-hybridized carbons (Fsp3) is 0.588. The van der Waals surface area contributed by atoms with Crippen LogP contribution in [0.3, 0.4) is 0 Å². The maximum Gasteiger partial charge on any atom is 0.410 e. The van der Waals surface area contributed by atoms with Crippen LogP contribution in [-0.2, 0) is 11.3 Å². The van der Waals surface area contributed by atoms with E-state index in [1.54, 1.807) is 4.90 Å². The predicted molar refractivity (Wildman–Crippen MR) is 84.1 cm³/mol. The van der Waals surface area contributed by atoms with E-state index in [1.807, 2.05) is 20.8 Å². The number of amides is 1. The van der Waals surface area contributed by atoms with Gasteiger partial charge in [-0.2, -0.15) is 0 Å². The quantitative estimate of drug-likeness (QED) is 0.796. The summed E-state index contributed by atoms with van der Waals surface area (Å²) in [5, 5.41) is 0. The minimum atomic E-state index is -0.475. The summed E-state index contributed by atoms with van der Waals surface area (Å²) in [7, 11) is 0. The molecule has 0 bridgehead atoms. The van der Waals surface area contributed by atoms with Crippen molar-refractivity contribution in [3.8, 4) is 0 Å². The van der Waals surface area contributed by atoms with E-state index in [1.165, 1.54) is 11.1 Å². The van der Waals surface area contributed by atoms with Gasteiger partial charge in [0.2, 0.25) is 0 Å². The smallest absolute Gasteiger partial charge is 0.410 e. The Morgan fingerprint density at radius 3 is 2.52 bits per heavy atom. The third-order valence-electron chi connectivity index (χ3n) is 3.88. The number of nitrogens with two attached hydrogens (primary N) is 1. The third kappa shape index (κ3) is 3.76. The minimum Gasteiger partial charge on any atom is -0.444 e. The normalized spacial score (nSPS) is 19.0. The maximum atomic E-state index is 12.3. The van der Waals surface area contributed by atoms with Gasteiger partial charge in [0.05, 0.1) is 0 Å². The second-order valence-electron chi connectivity index (χ2n) is 6.93. The van der Waals surface area contributed by atoms with Crippen molar-refractivity contribution < 1.29 is 9.53 Å². The lowest BCUT2D eigenvalue weighted by atomic mass is 9.95. The van der Waals surface area contributed by atoms with Crippen LogP contribution in [0, 0.1) is 13.8 Å². The number of fused-ring (bicyclic) bond motifs is 1. The Balaban J connectivity index is 2.27. The molecular formula is C17H26N2O2. The zero-order chi connectivity index (χ0) is 15.8. The molecule has 4 heteroatoms. The van der Waals surface area contributed by atoms with E-state index in [4.69, 9.17) is 10.5 Å². The first kappa shape index (κ1) is 15.8. The molecule has 1 atom stereocenters. The Labute approximate surface area is 127 Å². The number of aryl methyl sites for hydroxylation is 2. The van der Waals surface area contributed by atoms with Gasteiger partial charge in [-0.1, -0.05) is 12.1 Å². The van der Waals surface area contributed by atoms with Crippen LogP contribution in [0.4, 0.5) is 4.79 Å². The Morgan fingerprint density at radius 1 is 1.29 bits per heavy atom. The van der Waals surface area contributed by atoms with Crippen molar-refractivity contribution in [1.29, 1.82) is 0 Å². The molecule has 4 nitrogen and oxygen atoms in total. The van der Waals surface area contributed by atoms with E-state index < -0.39 is 5.60 Å². The molecule has 21 heavy (non-hydrogen) atoms. The number of rotatable bonds is 0. The molecule has 1 aliphatic heterocycles. The first-order chi connectivity index (χ1) is 9.67. The zero-order valence-corrected chi connectivity index (χ0v) is 13.7. The fourth-order valence-electron chi connectivity index (χ4n) is 2.60. The van der Waals surface area contributed by atoms with Crippen LogP contribution in [0.5, 0.6) is 0 Å². The summed E-state index contributed by atoms with van der Waals surface area (Å²) >= 11 is 0. The highest BCUT2D eigenvalue weighted by atomic mass is 16.6. The number of hydrogen-bond donors (Lipinski definition) is 1. The highest BCUT2D eigenvalue weighted by Crippen LogP contribution is 2.28. The first-order valence-corrected chi connectivity index (χ1v) is 7.51. The van der Waals surface area contributed by atoms with Crippen LogP contribution >= 0.6 is 0 Å². The van der Waals surface area contributed by atoms with Crippen LogP contribution in [-0.4, -0.2) is 23.1 Å². The van der Waals surface area contributed by atoms with Gasteiger partial charge in [-0.25, -0.2) is 4.79 Å². The molecule has 1 heterocycles. The van der Waals surface area contributed by atoms with Crippen molar-refractivity contribution >= 4 is 6.09 Å². The van der Waals surface area contributed by atoms with E-state index in [9.17, 15) is 4.79 Å². The summed E-state index contributed by atoms with van der Waals surface area (Å²) in [6.45, 7) is 11.0. The number of ether oxygens (including phenoxy) is 1. The number of carbonyl (C=O) groups excluding carboxylic acids is 1. The first-order valence-electron chi connectivity index (χ1n) is 7.51. The molecule has 2 N–H and O–H groups in total. The number of nitrogens with zero attached hydrogens (tertiary/aromatic N) is 1. The van der Waals surface area contributed by atoms with E-state index in [2.05, 4.69) is 26.0 Å². The number of benzene rings is 1. The van der Waals surface area contributed by atoms with Crippen LogP contribution in [0.15, 0.2) is 12.1 Å². The molecule has 0 saturated heterocycles. The molecule has 1 aromatic carbocycles. The van der Waals surface area contributed by atoms with Crippen LogP contribution in [0.1, 0.15) is 55.5 Å². The number of carbonyl (C=O) groups is 1. The van der Waals surface area contributed by atoms with Crippen molar-refractivity contribution in [2.24, 2.45) is 5.73 Å². The predicted octanol–water partition coefficient (Wildman–Crippen LogP) is 3.44. The maximum absolute atomic E-state index is 12.3. The van der Waals surface area contributed by atoms with Crippen molar-refractivity contribution in [2.75, 3.05) is 6.54 Å². The van der Waals surface area contributed by atoms with Gasteiger partial charge < -0.3 is 15.4 Å². The van der Waals surface area contributed by atoms with Gasteiger partial charge >= 0.3 is 6.09 Å². The molecular weight excluding hydrogens is 264 g/mol. The Kier molecular flexibility index (Phi) is 4.28. The highest BCUT2D eigenvalue weighted by molar-refractivity contribution is 5.68. The van der Waals surface area contributed by atoms with Crippen molar-refractivity contribution in [1.82, 2.24) is 4.90 Å². The molecule has 0 fully saturated rings. The van der Waals surface area contributed by atoms with Gasteiger partial charge in [-0.3, -0.25) is 0 Å². The van der Waals surface area contributed by atoms with Crippen LogP contribution < -0.4 is 5.73 Å². The third-order valence-corrected chi connectivity index (χ3v) is 3.88. The molecule has 1 aliphatic rings. The van der Waals surface area contributed by atoms with E-state index in [0.717, 1.165) is 17.5 Å². The fourth-order valence-corrected chi connectivity index (χ4v) is 2.60. The van der Waals surface area contributed by atoms with Gasteiger partial charge in [0, 0.05) is 19.1 Å². The largest absolute Gasteiger partial charge is 0.444 e. The lowest BCUT2D eigenvalue weighted by Gasteiger charge is -2.26.